The number of halogens is 1. The van der Waals surface area contributed by atoms with Gasteiger partial charge >= 0.3 is 0 Å². The fourth-order valence-electron chi connectivity index (χ4n) is 2.26. The van der Waals surface area contributed by atoms with Crippen molar-refractivity contribution in [3.8, 4) is 0 Å². The summed E-state index contributed by atoms with van der Waals surface area (Å²) in [4.78, 5) is 11.9. The first kappa shape index (κ1) is 18.1. The van der Waals surface area contributed by atoms with E-state index in [-0.39, 0.29) is 18.3 Å². The smallest absolute Gasteiger partial charge is 0.251 e. The molecule has 2 rings (SSSR count). The van der Waals surface area contributed by atoms with Crippen molar-refractivity contribution in [2.24, 2.45) is 0 Å². The molecule has 1 amide bonds. The van der Waals surface area contributed by atoms with Crippen molar-refractivity contribution < 1.29 is 4.79 Å². The number of rotatable bonds is 7. The number of nitrogens with one attached hydrogen (secondary N) is 1. The van der Waals surface area contributed by atoms with Crippen LogP contribution < -0.4 is 11.1 Å². The number of carbonyl (C=O) groups excluding carboxylic acids is 1. The zero-order chi connectivity index (χ0) is 14.9. The predicted octanol–water partition coefficient (Wildman–Crippen LogP) is 3.83. The quantitative estimate of drug-likeness (QED) is 0.602. The molecule has 22 heavy (non-hydrogen) atoms. The van der Waals surface area contributed by atoms with E-state index in [0.717, 1.165) is 25.7 Å². The van der Waals surface area contributed by atoms with Gasteiger partial charge in [-0.3, -0.25) is 4.79 Å². The Hall–Kier alpha value is -2.00. The highest BCUT2D eigenvalue weighted by molar-refractivity contribution is 5.94. The lowest BCUT2D eigenvalue weighted by molar-refractivity contribution is 0.0953. The molecule has 0 unspecified atom stereocenters. The largest absolute Gasteiger partial charge is 0.399 e. The van der Waals surface area contributed by atoms with E-state index in [0.29, 0.717) is 17.8 Å². The lowest BCUT2D eigenvalue weighted by atomic mass is 10.1. The molecule has 4 heteroatoms. The van der Waals surface area contributed by atoms with E-state index in [1.54, 1.807) is 24.3 Å². The second-order valence-corrected chi connectivity index (χ2v) is 5.18. The van der Waals surface area contributed by atoms with E-state index in [1.807, 2.05) is 6.07 Å². The highest BCUT2D eigenvalue weighted by Crippen LogP contribution is 2.07. The standard InChI is InChI=1S/C18H22N2O.ClH/c19-17-12-7-11-16(14-17)18(21)20-13-6-2-5-10-15-8-3-1-4-9-15;/h1,3-4,7-9,11-12,14H,2,5-6,10,13,19H2,(H,20,21);1H. The van der Waals surface area contributed by atoms with Gasteiger partial charge in [-0.15, -0.1) is 12.4 Å². The SMILES string of the molecule is Cl.Nc1cccc(C(=O)NCCCCCc2ccccc2)c1. The van der Waals surface area contributed by atoms with E-state index >= 15 is 0 Å². The third-order valence-corrected chi connectivity index (χ3v) is 3.42. The van der Waals surface area contributed by atoms with Crippen LogP contribution in [0, 0.1) is 0 Å². The maximum absolute atomic E-state index is 11.9. The molecule has 0 saturated heterocycles. The Morgan fingerprint density at radius 3 is 2.45 bits per heavy atom. The molecule has 0 spiro atoms. The highest BCUT2D eigenvalue weighted by atomic mass is 35.5. The van der Waals surface area contributed by atoms with Crippen LogP contribution in [0.4, 0.5) is 5.69 Å². The minimum atomic E-state index is -0.0506. The van der Waals surface area contributed by atoms with Gasteiger partial charge in [0.05, 0.1) is 0 Å². The van der Waals surface area contributed by atoms with E-state index in [9.17, 15) is 4.79 Å². The number of anilines is 1. The Kier molecular flexibility index (Phi) is 8.08. The van der Waals surface area contributed by atoms with Crippen LogP contribution in [-0.4, -0.2) is 12.5 Å². The zero-order valence-corrected chi connectivity index (χ0v) is 13.4. The Bertz CT molecular complexity index is 572. The summed E-state index contributed by atoms with van der Waals surface area (Å²) < 4.78 is 0. The second-order valence-electron chi connectivity index (χ2n) is 5.18. The molecule has 0 fully saturated rings. The van der Waals surface area contributed by atoms with Crippen molar-refractivity contribution in [1.29, 1.82) is 0 Å². The topological polar surface area (TPSA) is 55.1 Å². The van der Waals surface area contributed by atoms with Crippen LogP contribution in [0.1, 0.15) is 35.2 Å². The number of amides is 1. The molecule has 2 aromatic rings. The van der Waals surface area contributed by atoms with Crippen LogP contribution >= 0.6 is 12.4 Å². The Balaban J connectivity index is 0.00000242. The van der Waals surface area contributed by atoms with Gasteiger partial charge in [-0.05, 0) is 43.0 Å². The van der Waals surface area contributed by atoms with Crippen molar-refractivity contribution in [2.45, 2.75) is 25.7 Å². The predicted molar refractivity (Wildman–Crippen MR) is 94.4 cm³/mol. The summed E-state index contributed by atoms with van der Waals surface area (Å²) in [6.45, 7) is 0.711. The van der Waals surface area contributed by atoms with Crippen LogP contribution in [0.3, 0.4) is 0 Å². The van der Waals surface area contributed by atoms with Gasteiger partial charge in [0.2, 0.25) is 0 Å². The van der Waals surface area contributed by atoms with Gasteiger partial charge in [-0.2, -0.15) is 0 Å². The van der Waals surface area contributed by atoms with Crippen molar-refractivity contribution in [1.82, 2.24) is 5.32 Å². The number of aryl methyl sites for hydroxylation is 1. The summed E-state index contributed by atoms with van der Waals surface area (Å²) >= 11 is 0. The summed E-state index contributed by atoms with van der Waals surface area (Å²) in [6, 6.07) is 17.5. The molecular weight excluding hydrogens is 296 g/mol. The maximum Gasteiger partial charge on any atom is 0.251 e. The first-order valence-electron chi connectivity index (χ1n) is 7.43. The van der Waals surface area contributed by atoms with Gasteiger partial charge in [0.15, 0.2) is 0 Å². The van der Waals surface area contributed by atoms with E-state index in [1.165, 1.54) is 5.56 Å². The fraction of sp³-hybridized carbons (Fsp3) is 0.278. The third-order valence-electron chi connectivity index (χ3n) is 3.42. The average Bonchev–Trinajstić information content (AvgIpc) is 2.51. The number of nitrogens with two attached hydrogens (primary N) is 1. The lowest BCUT2D eigenvalue weighted by Gasteiger charge is -2.06. The molecule has 0 radical (unpaired) electrons. The first-order valence-corrected chi connectivity index (χ1v) is 7.43. The Labute approximate surface area is 138 Å². The van der Waals surface area contributed by atoms with Gasteiger partial charge in [-0.25, -0.2) is 0 Å². The van der Waals surface area contributed by atoms with Crippen LogP contribution in [0.25, 0.3) is 0 Å². The Morgan fingerprint density at radius 2 is 1.73 bits per heavy atom. The molecule has 0 aliphatic rings. The molecule has 0 heterocycles. The summed E-state index contributed by atoms with van der Waals surface area (Å²) in [5.74, 6) is -0.0506. The van der Waals surface area contributed by atoms with Gasteiger partial charge in [0.1, 0.15) is 0 Å². The first-order chi connectivity index (χ1) is 10.3. The van der Waals surface area contributed by atoms with Crippen molar-refractivity contribution in [2.75, 3.05) is 12.3 Å². The highest BCUT2D eigenvalue weighted by Gasteiger charge is 2.04. The zero-order valence-electron chi connectivity index (χ0n) is 12.6. The van der Waals surface area contributed by atoms with E-state index < -0.39 is 0 Å². The van der Waals surface area contributed by atoms with Gasteiger partial charge in [0.25, 0.3) is 5.91 Å². The Morgan fingerprint density at radius 1 is 0.955 bits per heavy atom. The second kappa shape index (κ2) is 9.85. The summed E-state index contributed by atoms with van der Waals surface area (Å²) in [5, 5.41) is 2.93. The normalized spacial score (nSPS) is 9.82. The fourth-order valence-corrected chi connectivity index (χ4v) is 2.26. The summed E-state index contributed by atoms with van der Waals surface area (Å²) in [5.41, 5.74) is 8.28. The minimum absolute atomic E-state index is 0. The molecule has 0 atom stereocenters. The molecule has 0 aliphatic carbocycles. The molecule has 118 valence electrons. The van der Waals surface area contributed by atoms with E-state index in [2.05, 4.69) is 29.6 Å². The molecule has 0 aliphatic heterocycles. The number of benzene rings is 2. The van der Waals surface area contributed by atoms with Crippen LogP contribution in [0.15, 0.2) is 54.6 Å². The third kappa shape index (κ3) is 6.19. The number of nitrogen functional groups attached to an aromatic ring is 1. The number of hydrogen-bond acceptors (Lipinski definition) is 2. The number of unbranched alkanes of at least 4 members (excludes halogenated alkanes) is 2. The van der Waals surface area contributed by atoms with Crippen LogP contribution in [-0.2, 0) is 6.42 Å². The molecular formula is C18H23ClN2O. The van der Waals surface area contributed by atoms with Gasteiger partial charge < -0.3 is 11.1 Å². The molecule has 0 bridgehead atoms. The maximum atomic E-state index is 11.9. The molecule has 0 saturated carbocycles. The van der Waals surface area contributed by atoms with Gasteiger partial charge in [-0.1, -0.05) is 42.8 Å². The van der Waals surface area contributed by atoms with Crippen LogP contribution in [0.2, 0.25) is 0 Å². The average molecular weight is 319 g/mol. The van der Waals surface area contributed by atoms with Crippen molar-refractivity contribution >= 4 is 24.0 Å². The minimum Gasteiger partial charge on any atom is -0.399 e. The number of hydrogen-bond donors (Lipinski definition) is 2. The van der Waals surface area contributed by atoms with Gasteiger partial charge in [0, 0.05) is 17.8 Å². The monoisotopic (exact) mass is 318 g/mol. The van der Waals surface area contributed by atoms with Crippen LogP contribution in [0.5, 0.6) is 0 Å². The molecule has 3 nitrogen and oxygen atoms in total. The summed E-state index contributed by atoms with van der Waals surface area (Å²) in [6.07, 6.45) is 4.37. The van der Waals surface area contributed by atoms with Crippen molar-refractivity contribution in [3.63, 3.8) is 0 Å². The molecule has 0 aromatic heterocycles. The van der Waals surface area contributed by atoms with Crippen molar-refractivity contribution in [3.05, 3.63) is 65.7 Å². The number of carbonyl (C=O) groups is 1. The summed E-state index contributed by atoms with van der Waals surface area (Å²) in [7, 11) is 0. The molecule has 2 aromatic carbocycles. The van der Waals surface area contributed by atoms with E-state index in [4.69, 9.17) is 5.73 Å². The lowest BCUT2D eigenvalue weighted by Crippen LogP contribution is -2.24. The molecule has 3 N–H and O–H groups in total.